The molecule has 0 fully saturated rings. The SMILES string of the molecule is O=C(O)c1cc(Cl)ccc1N(c1nsnc1Cc1ccccc1)S(=O)O. The molecule has 134 valence electrons. The second kappa shape index (κ2) is 7.92. The van der Waals surface area contributed by atoms with Crippen LogP contribution in [0.4, 0.5) is 11.5 Å². The number of benzene rings is 2. The van der Waals surface area contributed by atoms with Crippen molar-refractivity contribution in [2.45, 2.75) is 6.42 Å². The zero-order valence-corrected chi connectivity index (χ0v) is 15.5. The van der Waals surface area contributed by atoms with E-state index in [1.165, 1.54) is 18.2 Å². The summed E-state index contributed by atoms with van der Waals surface area (Å²) in [6.07, 6.45) is 0.385. The number of rotatable bonds is 6. The van der Waals surface area contributed by atoms with Crippen LogP contribution in [-0.4, -0.2) is 28.6 Å². The minimum absolute atomic E-state index is 0.00439. The molecule has 3 aromatic rings. The molecule has 0 radical (unpaired) electrons. The third-order valence-electron chi connectivity index (χ3n) is 3.51. The lowest BCUT2D eigenvalue weighted by Crippen LogP contribution is -2.23. The lowest BCUT2D eigenvalue weighted by molar-refractivity contribution is 0.0698. The van der Waals surface area contributed by atoms with Gasteiger partial charge in [0.2, 0.25) is 0 Å². The van der Waals surface area contributed by atoms with Gasteiger partial charge in [0.15, 0.2) is 5.82 Å². The van der Waals surface area contributed by atoms with E-state index in [0.29, 0.717) is 12.1 Å². The molecule has 1 unspecified atom stereocenters. The molecule has 0 bridgehead atoms. The Morgan fingerprint density at radius 2 is 1.92 bits per heavy atom. The number of nitrogens with zero attached hydrogens (tertiary/aromatic N) is 3. The largest absolute Gasteiger partial charge is 0.478 e. The molecule has 7 nitrogen and oxygen atoms in total. The van der Waals surface area contributed by atoms with Crippen molar-refractivity contribution in [3.05, 3.63) is 70.4 Å². The van der Waals surface area contributed by atoms with Crippen molar-refractivity contribution in [2.24, 2.45) is 0 Å². The zero-order valence-electron chi connectivity index (χ0n) is 13.1. The molecular formula is C16H12ClN3O4S2. The van der Waals surface area contributed by atoms with Gasteiger partial charge < -0.3 is 5.11 Å². The monoisotopic (exact) mass is 409 g/mol. The second-order valence-corrected chi connectivity index (χ2v) is 6.98. The van der Waals surface area contributed by atoms with Crippen molar-refractivity contribution in [1.82, 2.24) is 8.75 Å². The number of hydrogen-bond donors (Lipinski definition) is 2. The molecule has 2 aromatic carbocycles. The van der Waals surface area contributed by atoms with Crippen LogP contribution in [0.1, 0.15) is 21.6 Å². The van der Waals surface area contributed by atoms with Crippen LogP contribution in [0.2, 0.25) is 5.02 Å². The number of aromatic carboxylic acids is 1. The molecule has 0 saturated carbocycles. The number of halogens is 1. The molecule has 2 N–H and O–H groups in total. The fourth-order valence-electron chi connectivity index (χ4n) is 2.39. The van der Waals surface area contributed by atoms with Crippen molar-refractivity contribution in [1.29, 1.82) is 0 Å². The molecule has 1 atom stereocenters. The summed E-state index contributed by atoms with van der Waals surface area (Å²) >= 11 is 4.19. The third kappa shape index (κ3) is 3.91. The summed E-state index contributed by atoms with van der Waals surface area (Å²) in [7, 11) is 0. The van der Waals surface area contributed by atoms with E-state index >= 15 is 0 Å². The number of carboxylic acid groups (broad SMARTS) is 1. The Kier molecular flexibility index (Phi) is 5.62. The molecule has 0 aliphatic carbocycles. The van der Waals surface area contributed by atoms with E-state index in [9.17, 15) is 18.7 Å². The molecule has 26 heavy (non-hydrogen) atoms. The predicted molar refractivity (Wildman–Crippen MR) is 100 cm³/mol. The van der Waals surface area contributed by atoms with Crippen LogP contribution in [0.5, 0.6) is 0 Å². The highest BCUT2D eigenvalue weighted by Gasteiger charge is 2.27. The highest BCUT2D eigenvalue weighted by molar-refractivity contribution is 7.81. The highest BCUT2D eigenvalue weighted by atomic mass is 35.5. The summed E-state index contributed by atoms with van der Waals surface area (Å²) in [4.78, 5) is 11.5. The standard InChI is InChI=1S/C16H12ClN3O4S2/c17-11-6-7-14(12(9-11)16(21)22)20(26(23)24)15-13(18-25-19-15)8-10-4-2-1-3-5-10/h1-7,9H,8H2,(H,21,22)(H,23,24). The molecule has 10 heteroatoms. The number of carboxylic acids is 1. The van der Waals surface area contributed by atoms with Crippen LogP contribution < -0.4 is 4.31 Å². The van der Waals surface area contributed by atoms with Crippen molar-refractivity contribution in [2.75, 3.05) is 4.31 Å². The number of anilines is 2. The van der Waals surface area contributed by atoms with Crippen molar-refractivity contribution in [3.8, 4) is 0 Å². The van der Waals surface area contributed by atoms with Crippen LogP contribution in [0.25, 0.3) is 0 Å². The third-order valence-corrected chi connectivity index (χ3v) is 4.98. The second-order valence-electron chi connectivity index (χ2n) is 5.19. The van der Waals surface area contributed by atoms with Gasteiger partial charge in [0, 0.05) is 11.4 Å². The number of hydrogen-bond acceptors (Lipinski definition) is 5. The fraction of sp³-hybridized carbons (Fsp3) is 0.0625. The quantitative estimate of drug-likeness (QED) is 0.601. The van der Waals surface area contributed by atoms with E-state index in [4.69, 9.17) is 11.6 Å². The molecule has 0 aliphatic heterocycles. The fourth-order valence-corrected chi connectivity index (χ4v) is 3.78. The van der Waals surface area contributed by atoms with Gasteiger partial charge in [-0.1, -0.05) is 41.9 Å². The van der Waals surface area contributed by atoms with Gasteiger partial charge in [-0.3, -0.25) is 4.55 Å². The van der Waals surface area contributed by atoms with Crippen molar-refractivity contribution >= 4 is 52.1 Å². The van der Waals surface area contributed by atoms with Gasteiger partial charge in [-0.05, 0) is 23.8 Å². The van der Waals surface area contributed by atoms with Gasteiger partial charge in [0.25, 0.3) is 11.3 Å². The van der Waals surface area contributed by atoms with Gasteiger partial charge in [0.1, 0.15) is 5.69 Å². The Labute approximate surface area is 160 Å². The van der Waals surface area contributed by atoms with Crippen LogP contribution in [0.15, 0.2) is 48.5 Å². The molecule has 3 rings (SSSR count). The van der Waals surface area contributed by atoms with Gasteiger partial charge in [-0.2, -0.15) is 8.75 Å². The summed E-state index contributed by atoms with van der Waals surface area (Å²) in [6, 6.07) is 13.5. The van der Waals surface area contributed by atoms with Gasteiger partial charge in [-0.15, -0.1) is 0 Å². The maximum Gasteiger partial charge on any atom is 0.337 e. The van der Waals surface area contributed by atoms with E-state index in [1.54, 1.807) is 0 Å². The molecule has 1 aromatic heterocycles. The normalized spacial score (nSPS) is 11.9. The Bertz CT molecular complexity index is 965. The molecular weight excluding hydrogens is 398 g/mol. The molecule has 0 aliphatic rings. The topological polar surface area (TPSA) is 104 Å². The predicted octanol–water partition coefficient (Wildman–Crippen LogP) is 3.76. The Hall–Kier alpha value is -2.33. The first-order valence-electron chi connectivity index (χ1n) is 7.26. The Morgan fingerprint density at radius 1 is 1.19 bits per heavy atom. The summed E-state index contributed by atoms with van der Waals surface area (Å²) in [5, 5.41) is 9.63. The van der Waals surface area contributed by atoms with Gasteiger partial charge >= 0.3 is 5.97 Å². The summed E-state index contributed by atoms with van der Waals surface area (Å²) in [5.74, 6) is -1.14. The first kappa shape index (κ1) is 18.5. The average molecular weight is 410 g/mol. The van der Waals surface area contributed by atoms with E-state index in [-0.39, 0.29) is 22.1 Å². The number of aromatic nitrogens is 2. The lowest BCUT2D eigenvalue weighted by Gasteiger charge is -2.20. The molecule has 0 spiro atoms. The molecule has 1 heterocycles. The summed E-state index contributed by atoms with van der Waals surface area (Å²) < 4.78 is 31.1. The van der Waals surface area contributed by atoms with E-state index < -0.39 is 17.2 Å². The average Bonchev–Trinajstić information content (AvgIpc) is 3.04. The first-order chi connectivity index (χ1) is 12.5. The summed E-state index contributed by atoms with van der Waals surface area (Å²) in [6.45, 7) is 0. The minimum atomic E-state index is -2.55. The highest BCUT2D eigenvalue weighted by Crippen LogP contribution is 2.33. The smallest absolute Gasteiger partial charge is 0.337 e. The zero-order chi connectivity index (χ0) is 18.7. The van der Waals surface area contributed by atoms with Crippen molar-refractivity contribution < 1.29 is 18.7 Å². The Balaban J connectivity index is 2.08. The molecule has 0 saturated heterocycles. The maximum absolute atomic E-state index is 12.0. The van der Waals surface area contributed by atoms with Gasteiger partial charge in [0.05, 0.1) is 23.0 Å². The van der Waals surface area contributed by atoms with Crippen molar-refractivity contribution in [3.63, 3.8) is 0 Å². The Morgan fingerprint density at radius 3 is 2.58 bits per heavy atom. The maximum atomic E-state index is 12.0. The molecule has 0 amide bonds. The summed E-state index contributed by atoms with van der Waals surface area (Å²) in [5.41, 5.74) is 1.21. The van der Waals surface area contributed by atoms with E-state index in [0.717, 1.165) is 21.6 Å². The van der Waals surface area contributed by atoms with Crippen LogP contribution in [0, 0.1) is 0 Å². The minimum Gasteiger partial charge on any atom is -0.478 e. The van der Waals surface area contributed by atoms with Crippen LogP contribution in [-0.2, 0) is 17.7 Å². The van der Waals surface area contributed by atoms with E-state index in [1.807, 2.05) is 30.3 Å². The van der Waals surface area contributed by atoms with E-state index in [2.05, 4.69) is 8.75 Å². The van der Waals surface area contributed by atoms with Crippen LogP contribution in [0.3, 0.4) is 0 Å². The lowest BCUT2D eigenvalue weighted by atomic mass is 10.1. The van der Waals surface area contributed by atoms with Gasteiger partial charge in [-0.25, -0.2) is 13.3 Å². The van der Waals surface area contributed by atoms with Crippen LogP contribution >= 0.6 is 23.3 Å². The first-order valence-corrected chi connectivity index (χ1v) is 9.44. The number of carbonyl (C=O) groups is 1.